The van der Waals surface area contributed by atoms with Crippen LogP contribution < -0.4 is 9.47 Å². The largest absolute Gasteiger partial charge is 0.492 e. The monoisotopic (exact) mass is 477 g/mol. The van der Waals surface area contributed by atoms with E-state index in [-0.39, 0.29) is 17.9 Å². The molecule has 0 saturated carbocycles. The second-order valence-electron chi connectivity index (χ2n) is 8.19. The molecule has 0 amide bonds. The number of thiazole rings is 1. The van der Waals surface area contributed by atoms with Crippen molar-refractivity contribution < 1.29 is 22.3 Å². The molecule has 3 aromatic rings. The molecule has 0 spiro atoms. The highest BCUT2D eigenvalue weighted by Gasteiger charge is 2.42. The average molecular weight is 478 g/mol. The number of aromatic nitrogens is 1. The minimum Gasteiger partial charge on any atom is -0.492 e. The van der Waals surface area contributed by atoms with Gasteiger partial charge in [0.15, 0.2) is 0 Å². The van der Waals surface area contributed by atoms with Crippen molar-refractivity contribution in [2.45, 2.75) is 24.9 Å². The Morgan fingerprint density at radius 2 is 1.78 bits per heavy atom. The highest BCUT2D eigenvalue weighted by molar-refractivity contribution is 7.88. The number of piperazine rings is 1. The van der Waals surface area contributed by atoms with Crippen LogP contribution in [-0.4, -0.2) is 67.2 Å². The van der Waals surface area contributed by atoms with Gasteiger partial charge < -0.3 is 9.47 Å². The van der Waals surface area contributed by atoms with Crippen molar-refractivity contribution in [2.24, 2.45) is 0 Å². The van der Waals surface area contributed by atoms with Crippen molar-refractivity contribution in [2.75, 3.05) is 32.5 Å². The van der Waals surface area contributed by atoms with E-state index < -0.39 is 10.0 Å². The predicted octanol–water partition coefficient (Wildman–Crippen LogP) is 3.71. The maximum Gasteiger partial charge on any atom is 0.279 e. The fourth-order valence-corrected chi connectivity index (χ4v) is 6.23. The van der Waals surface area contributed by atoms with Crippen molar-refractivity contribution in [1.82, 2.24) is 14.2 Å². The van der Waals surface area contributed by atoms with E-state index in [0.717, 1.165) is 25.1 Å². The van der Waals surface area contributed by atoms with Crippen LogP contribution in [0.2, 0.25) is 0 Å². The highest BCUT2D eigenvalue weighted by atomic mass is 32.2. The first-order chi connectivity index (χ1) is 15.4. The van der Waals surface area contributed by atoms with Crippen LogP contribution in [0, 0.1) is 5.82 Å². The summed E-state index contributed by atoms with van der Waals surface area (Å²) >= 11 is 1.17. The lowest BCUT2D eigenvalue weighted by Gasteiger charge is -2.39. The van der Waals surface area contributed by atoms with Gasteiger partial charge in [0.2, 0.25) is 10.0 Å². The van der Waals surface area contributed by atoms with Crippen LogP contribution in [0.5, 0.6) is 16.7 Å². The lowest BCUT2D eigenvalue weighted by atomic mass is 10.2. The number of benzene rings is 2. The molecule has 2 bridgehead atoms. The molecule has 2 saturated heterocycles. The van der Waals surface area contributed by atoms with E-state index in [9.17, 15) is 12.8 Å². The molecule has 0 radical (unpaired) electrons. The molecule has 2 aliphatic heterocycles. The third-order valence-corrected chi connectivity index (χ3v) is 8.26. The lowest BCUT2D eigenvalue weighted by molar-refractivity contribution is 0.0930. The van der Waals surface area contributed by atoms with Crippen LogP contribution in [0.25, 0.3) is 10.2 Å². The van der Waals surface area contributed by atoms with Gasteiger partial charge in [-0.25, -0.2) is 17.8 Å². The van der Waals surface area contributed by atoms with Crippen LogP contribution in [0.1, 0.15) is 12.8 Å². The van der Waals surface area contributed by atoms with Crippen molar-refractivity contribution in [1.29, 1.82) is 0 Å². The van der Waals surface area contributed by atoms with Crippen LogP contribution in [0.4, 0.5) is 4.39 Å². The minimum absolute atomic E-state index is 0.265. The minimum atomic E-state index is -3.13. The highest BCUT2D eigenvalue weighted by Crippen LogP contribution is 2.33. The van der Waals surface area contributed by atoms with Crippen LogP contribution in [-0.2, 0) is 10.0 Å². The van der Waals surface area contributed by atoms with Gasteiger partial charge in [-0.3, -0.25) is 4.90 Å². The smallest absolute Gasteiger partial charge is 0.279 e. The second-order valence-corrected chi connectivity index (χ2v) is 11.1. The lowest BCUT2D eigenvalue weighted by Crippen LogP contribution is -2.55. The number of ether oxygens (including phenoxy) is 2. The Kier molecular flexibility index (Phi) is 5.79. The summed E-state index contributed by atoms with van der Waals surface area (Å²) in [5, 5.41) is 0.391. The first-order valence-corrected chi connectivity index (χ1v) is 13.2. The molecule has 5 rings (SSSR count). The van der Waals surface area contributed by atoms with Crippen molar-refractivity contribution in [3.8, 4) is 16.7 Å². The van der Waals surface area contributed by atoms with Gasteiger partial charge in [0.1, 0.15) is 23.9 Å². The molecule has 0 aliphatic carbocycles. The number of nitrogens with zero attached hydrogens (tertiary/aromatic N) is 3. The summed E-state index contributed by atoms with van der Waals surface area (Å²) in [6.45, 7) is 2.43. The van der Waals surface area contributed by atoms with Gasteiger partial charge in [0, 0.05) is 31.7 Å². The van der Waals surface area contributed by atoms with E-state index >= 15 is 0 Å². The van der Waals surface area contributed by atoms with Gasteiger partial charge in [0.05, 0.1) is 16.5 Å². The Hall–Kier alpha value is -2.27. The molecule has 2 aromatic carbocycles. The van der Waals surface area contributed by atoms with Crippen molar-refractivity contribution in [3.05, 3.63) is 48.3 Å². The maximum absolute atomic E-state index is 13.8. The van der Waals surface area contributed by atoms with Gasteiger partial charge >= 0.3 is 0 Å². The maximum atomic E-state index is 13.8. The van der Waals surface area contributed by atoms with Crippen molar-refractivity contribution >= 4 is 31.6 Å². The molecule has 0 N–H and O–H groups in total. The second kappa shape index (κ2) is 8.58. The van der Waals surface area contributed by atoms with Crippen LogP contribution >= 0.6 is 11.3 Å². The van der Waals surface area contributed by atoms with Crippen LogP contribution in [0.15, 0.2) is 42.5 Å². The third-order valence-electron chi connectivity index (χ3n) is 6.06. The summed E-state index contributed by atoms with van der Waals surface area (Å²) < 4.78 is 51.3. The molecule has 0 unspecified atom stereocenters. The molecule has 2 aliphatic rings. The zero-order valence-electron chi connectivity index (χ0n) is 17.6. The Morgan fingerprint density at radius 1 is 1.09 bits per heavy atom. The van der Waals surface area contributed by atoms with Gasteiger partial charge in [-0.1, -0.05) is 17.4 Å². The number of halogens is 1. The zero-order chi connectivity index (χ0) is 22.3. The van der Waals surface area contributed by atoms with Gasteiger partial charge in [-0.05, 0) is 49.2 Å². The normalized spacial score (nSPS) is 21.8. The summed E-state index contributed by atoms with van der Waals surface area (Å²) in [6, 6.07) is 12.6. The number of fused-ring (bicyclic) bond motifs is 3. The van der Waals surface area contributed by atoms with E-state index in [4.69, 9.17) is 9.47 Å². The summed E-state index contributed by atoms with van der Waals surface area (Å²) in [5.74, 6) is 1.03. The molecular weight excluding hydrogens is 453 g/mol. The molecule has 10 heteroatoms. The van der Waals surface area contributed by atoms with Crippen LogP contribution in [0.3, 0.4) is 0 Å². The molecule has 7 nitrogen and oxygen atoms in total. The number of hydrogen-bond acceptors (Lipinski definition) is 7. The molecule has 3 heterocycles. The van der Waals surface area contributed by atoms with E-state index in [1.165, 1.54) is 23.7 Å². The number of hydrogen-bond donors (Lipinski definition) is 0. The molecule has 32 heavy (non-hydrogen) atoms. The van der Waals surface area contributed by atoms with Gasteiger partial charge in [-0.15, -0.1) is 0 Å². The van der Waals surface area contributed by atoms with Crippen molar-refractivity contribution in [3.63, 3.8) is 0 Å². The topological polar surface area (TPSA) is 72.0 Å². The van der Waals surface area contributed by atoms with E-state index in [1.54, 1.807) is 28.6 Å². The predicted molar refractivity (Wildman–Crippen MR) is 122 cm³/mol. The Bertz CT molecular complexity index is 1200. The number of sulfonamides is 1. The first kappa shape index (κ1) is 21.6. The summed E-state index contributed by atoms with van der Waals surface area (Å²) in [6.07, 6.45) is 3.34. The van der Waals surface area contributed by atoms with Gasteiger partial charge in [0.25, 0.3) is 5.19 Å². The average Bonchev–Trinajstić information content (AvgIpc) is 3.25. The molecule has 2 fully saturated rings. The van der Waals surface area contributed by atoms with E-state index in [1.807, 2.05) is 12.1 Å². The standard InChI is InChI=1S/C22H24FN3O4S2/c1-32(27,28)25-13-15-5-6-16(14-25)26(15)11-12-29-17-7-9-18(10-8-17)30-22-24-20-4-2-3-19(23)21(20)31-22/h2-4,7-10,15-16H,5-6,11-14H2,1H3/t15-,16+. The SMILES string of the molecule is CS(=O)(=O)N1C[C@H]2CC[C@@H](C1)N2CCOc1ccc(Oc2nc3cccc(F)c3s2)cc1. The fourth-order valence-electron chi connectivity index (χ4n) is 4.50. The third kappa shape index (κ3) is 4.45. The Labute approximate surface area is 190 Å². The van der Waals surface area contributed by atoms with E-state index in [0.29, 0.717) is 40.9 Å². The summed E-state index contributed by atoms with van der Waals surface area (Å²) in [4.78, 5) is 6.69. The van der Waals surface area contributed by atoms with Gasteiger partial charge in [-0.2, -0.15) is 4.31 Å². The molecule has 2 atom stereocenters. The number of rotatable bonds is 7. The summed E-state index contributed by atoms with van der Waals surface area (Å²) in [5.41, 5.74) is 0.580. The summed E-state index contributed by atoms with van der Waals surface area (Å²) in [7, 11) is -3.13. The quantitative estimate of drug-likeness (QED) is 0.517. The molecule has 1 aromatic heterocycles. The molecular formula is C22H24FN3O4S2. The molecule has 170 valence electrons. The first-order valence-electron chi connectivity index (χ1n) is 10.5. The van der Waals surface area contributed by atoms with E-state index in [2.05, 4.69) is 9.88 Å². The fraction of sp³-hybridized carbons (Fsp3) is 0.409. The zero-order valence-corrected chi connectivity index (χ0v) is 19.2. The Balaban J connectivity index is 1.14. The Morgan fingerprint density at radius 3 is 2.44 bits per heavy atom.